The highest BCUT2D eigenvalue weighted by Gasteiger charge is 2.62. The number of ether oxygens (including phenoxy) is 2. The van der Waals surface area contributed by atoms with E-state index >= 15 is 0 Å². The Morgan fingerprint density at radius 3 is 2.54 bits per heavy atom. The lowest BCUT2D eigenvalue weighted by molar-refractivity contribution is -0.136. The number of carbonyl (C=O) groups excluding carboxylic acids is 3. The maximum absolute atomic E-state index is 14.2. The van der Waals surface area contributed by atoms with Crippen LogP contribution in [0.2, 0.25) is 0 Å². The molecule has 3 amide bonds. The van der Waals surface area contributed by atoms with Crippen molar-refractivity contribution in [3.63, 3.8) is 0 Å². The van der Waals surface area contributed by atoms with E-state index in [9.17, 15) is 22.8 Å². The smallest absolute Gasteiger partial charge is 0.259 e. The molecular weight excluding hydrogens is 703 g/mol. The summed E-state index contributed by atoms with van der Waals surface area (Å²) in [6, 6.07) is 5.65. The summed E-state index contributed by atoms with van der Waals surface area (Å²) in [5, 5.41) is 8.97. The van der Waals surface area contributed by atoms with E-state index in [1.807, 2.05) is 42.7 Å². The number of carbonyl (C=O) groups is 3. The predicted octanol–water partition coefficient (Wildman–Crippen LogP) is 5.30. The van der Waals surface area contributed by atoms with Crippen molar-refractivity contribution < 1.29 is 32.3 Å². The van der Waals surface area contributed by atoms with Gasteiger partial charge in [0, 0.05) is 34.9 Å². The molecule has 3 heterocycles. The van der Waals surface area contributed by atoms with Crippen LogP contribution in [-0.2, 0) is 24.4 Å². The zero-order valence-corrected chi connectivity index (χ0v) is 31.7. The van der Waals surface area contributed by atoms with E-state index in [2.05, 4.69) is 29.2 Å². The molecule has 3 N–H and O–H groups in total. The molecule has 3 saturated carbocycles. The molecule has 3 aromatic rings. The molecule has 3 aliphatic carbocycles. The summed E-state index contributed by atoms with van der Waals surface area (Å²) < 4.78 is 40.2. The second kappa shape index (κ2) is 14.4. The van der Waals surface area contributed by atoms with Crippen LogP contribution in [0.3, 0.4) is 0 Å². The Hall–Kier alpha value is -4.04. The lowest BCUT2D eigenvalue weighted by Gasteiger charge is -2.23. The number of pyridine rings is 1. The third kappa shape index (κ3) is 7.28. The van der Waals surface area contributed by atoms with Crippen LogP contribution in [0.1, 0.15) is 88.8 Å². The number of hydrogen-bond donors (Lipinski definition) is 3. The average molecular weight is 750 g/mol. The summed E-state index contributed by atoms with van der Waals surface area (Å²) in [5.74, 6) is -1.75. The van der Waals surface area contributed by atoms with Gasteiger partial charge in [0.05, 0.1) is 35.4 Å². The lowest BCUT2D eigenvalue weighted by Crippen LogP contribution is -2.54. The van der Waals surface area contributed by atoms with Crippen molar-refractivity contribution in [3.8, 4) is 22.2 Å². The molecule has 4 aliphatic rings. The first-order chi connectivity index (χ1) is 24.9. The number of benzene rings is 1. The van der Waals surface area contributed by atoms with Gasteiger partial charge in [-0.05, 0) is 76.3 Å². The summed E-state index contributed by atoms with van der Waals surface area (Å²) in [7, 11) is -2.21. The number of aryl methyl sites for hydroxylation is 1. The Kier molecular flexibility index (Phi) is 10.1. The molecule has 2 aromatic heterocycles. The highest BCUT2D eigenvalue weighted by atomic mass is 32.2. The maximum atomic E-state index is 14.2. The molecule has 0 spiro atoms. The van der Waals surface area contributed by atoms with Gasteiger partial charge < -0.3 is 20.1 Å². The second-order valence-electron chi connectivity index (χ2n) is 15.0. The largest absolute Gasteiger partial charge is 0.496 e. The van der Waals surface area contributed by atoms with Gasteiger partial charge in [-0.2, -0.15) is 0 Å². The fraction of sp³-hybridized carbons (Fsp3) is 0.553. The highest BCUT2D eigenvalue weighted by Crippen LogP contribution is 2.47. The minimum atomic E-state index is -3.83. The van der Waals surface area contributed by atoms with Crippen LogP contribution in [-0.4, -0.2) is 66.7 Å². The number of allylic oxidation sites excluding steroid dienone is 1. The summed E-state index contributed by atoms with van der Waals surface area (Å²) in [6.07, 6.45) is 8.65. The Balaban J connectivity index is 1.20. The summed E-state index contributed by atoms with van der Waals surface area (Å²) >= 11 is 1.51. The number of nitrogens with zero attached hydrogens (tertiary/aromatic N) is 2. The summed E-state index contributed by atoms with van der Waals surface area (Å²) in [6.45, 7) is 6.63. The first-order valence-corrected chi connectivity index (χ1v) is 20.8. The minimum absolute atomic E-state index is 0.228. The summed E-state index contributed by atoms with van der Waals surface area (Å²) in [4.78, 5) is 51.4. The number of fused-ring (bicyclic) bond motifs is 3. The van der Waals surface area contributed by atoms with Crippen LogP contribution in [0.5, 0.6) is 11.5 Å². The van der Waals surface area contributed by atoms with E-state index in [1.54, 1.807) is 7.11 Å². The van der Waals surface area contributed by atoms with Crippen molar-refractivity contribution in [2.45, 2.75) is 101 Å². The van der Waals surface area contributed by atoms with Crippen molar-refractivity contribution in [1.29, 1.82) is 0 Å². The van der Waals surface area contributed by atoms with E-state index in [4.69, 9.17) is 19.4 Å². The van der Waals surface area contributed by atoms with E-state index in [0.29, 0.717) is 42.1 Å². The lowest BCUT2D eigenvalue weighted by atomic mass is 9.93. The number of aromatic nitrogens is 2. The molecule has 1 aliphatic heterocycles. The third-order valence-corrected chi connectivity index (χ3v) is 13.6. The van der Waals surface area contributed by atoms with Crippen molar-refractivity contribution >= 4 is 50.0 Å². The molecular formula is C38H47N5O7S2. The number of amides is 3. The van der Waals surface area contributed by atoms with Gasteiger partial charge in [0.2, 0.25) is 21.8 Å². The maximum Gasteiger partial charge on any atom is 0.259 e. The predicted molar refractivity (Wildman–Crippen MR) is 199 cm³/mol. The van der Waals surface area contributed by atoms with Crippen molar-refractivity contribution in [1.82, 2.24) is 25.3 Å². The molecule has 0 saturated heterocycles. The van der Waals surface area contributed by atoms with Crippen molar-refractivity contribution in [2.24, 2.45) is 17.8 Å². The van der Waals surface area contributed by atoms with Crippen LogP contribution < -0.4 is 24.8 Å². The molecule has 0 bridgehead atoms. The third-order valence-electron chi connectivity index (χ3n) is 10.9. The van der Waals surface area contributed by atoms with E-state index < -0.39 is 50.6 Å². The van der Waals surface area contributed by atoms with Crippen molar-refractivity contribution in [2.75, 3.05) is 13.7 Å². The normalized spacial score (nSPS) is 26.8. The molecule has 0 unspecified atom stereocenters. The Bertz CT molecular complexity index is 2020. The van der Waals surface area contributed by atoms with Crippen molar-refractivity contribution in [3.05, 3.63) is 47.0 Å². The van der Waals surface area contributed by atoms with Crippen LogP contribution >= 0.6 is 11.3 Å². The fourth-order valence-electron chi connectivity index (χ4n) is 7.47. The first-order valence-electron chi connectivity index (χ1n) is 18.3. The molecule has 1 aromatic carbocycles. The number of thiazole rings is 1. The zero-order valence-electron chi connectivity index (χ0n) is 30.1. The fourth-order valence-corrected chi connectivity index (χ4v) is 9.77. The zero-order chi connectivity index (χ0) is 36.8. The molecule has 3 fully saturated rings. The number of methoxy groups -OCH3 is 1. The quantitative estimate of drug-likeness (QED) is 0.259. The van der Waals surface area contributed by atoms with Gasteiger partial charge in [-0.15, -0.1) is 11.3 Å². The molecule has 12 nitrogen and oxygen atoms in total. The van der Waals surface area contributed by atoms with Crippen LogP contribution in [0.4, 0.5) is 0 Å². The Labute approximate surface area is 308 Å². The summed E-state index contributed by atoms with van der Waals surface area (Å²) in [5.41, 5.74) is 1.78. The van der Waals surface area contributed by atoms with Gasteiger partial charge in [0.25, 0.3) is 5.91 Å². The van der Waals surface area contributed by atoms with Crippen LogP contribution in [0.25, 0.3) is 21.6 Å². The van der Waals surface area contributed by atoms with Gasteiger partial charge in [-0.25, -0.2) is 18.4 Å². The monoisotopic (exact) mass is 749 g/mol. The van der Waals surface area contributed by atoms with Crippen LogP contribution in [0, 0.1) is 24.7 Å². The Morgan fingerprint density at radius 2 is 1.83 bits per heavy atom. The van der Waals surface area contributed by atoms with Gasteiger partial charge in [-0.3, -0.25) is 19.1 Å². The molecule has 278 valence electrons. The standard InChI is InChI=1S/C38H47N5O7S2/c1-21(2)30-20-51-36(41-30)29-18-32(26-13-14-31(49-4)22(3)33(26)40-29)50-24-16-27-28(17-24)35(45)42-38(37(46)43-52(47,48)25-11-12-25)19-23(38)10-8-6-5-7-9-15-39-34(27)44/h8,10,13-14,18,20-21,23-25,27-28H,5-7,9,11-12,15-17,19H2,1-4H3,(H,39,44)(H,42,45)(H,43,46)/t23-,24+,27-,28-,38-/m1/s1. The molecule has 5 atom stereocenters. The molecule has 0 radical (unpaired) electrons. The van der Waals surface area contributed by atoms with Gasteiger partial charge in [0.15, 0.2) is 0 Å². The number of rotatable bonds is 8. The number of nitrogens with one attached hydrogen (secondary N) is 3. The van der Waals surface area contributed by atoms with Gasteiger partial charge in [-0.1, -0.05) is 32.4 Å². The van der Waals surface area contributed by atoms with Crippen LogP contribution in [0.15, 0.2) is 35.7 Å². The molecule has 52 heavy (non-hydrogen) atoms. The number of hydrogen-bond acceptors (Lipinski definition) is 10. The second-order valence-corrected chi connectivity index (χ2v) is 17.8. The average Bonchev–Trinajstić information content (AvgIpc) is 3.98. The van der Waals surface area contributed by atoms with E-state index in [0.717, 1.165) is 47.3 Å². The minimum Gasteiger partial charge on any atom is -0.496 e. The molecule has 7 rings (SSSR count). The SMILES string of the molecule is COc1ccc2c(O[C@H]3C[C@H]4C(=O)NCCCCCC=C[C@@H]5C[C@@]5(C(=O)NS(=O)(=O)C5CC5)NC(=O)[C@@H]4C3)cc(-c3nc(C(C)C)cs3)nc2c1C. The van der Waals surface area contributed by atoms with Gasteiger partial charge >= 0.3 is 0 Å². The van der Waals surface area contributed by atoms with Gasteiger partial charge in [0.1, 0.15) is 33.8 Å². The molecule has 14 heteroatoms. The Morgan fingerprint density at radius 1 is 1.06 bits per heavy atom. The number of sulfonamides is 1. The van der Waals surface area contributed by atoms with E-state index in [-0.39, 0.29) is 37.0 Å². The topological polar surface area (TPSA) is 166 Å². The highest BCUT2D eigenvalue weighted by molar-refractivity contribution is 7.91. The first kappa shape index (κ1) is 36.3. The van der Waals surface area contributed by atoms with E-state index in [1.165, 1.54) is 11.3 Å².